The highest BCUT2D eigenvalue weighted by Gasteiger charge is 2.28. The van der Waals surface area contributed by atoms with Crippen molar-refractivity contribution in [3.05, 3.63) is 68.6 Å². The Morgan fingerprint density at radius 1 is 1.20 bits per heavy atom. The normalized spacial score (nSPS) is 15.2. The summed E-state index contributed by atoms with van der Waals surface area (Å²) in [5.41, 5.74) is -0.729. The highest BCUT2D eigenvalue weighted by Crippen LogP contribution is 2.24. The van der Waals surface area contributed by atoms with E-state index in [-0.39, 0.29) is 34.4 Å². The van der Waals surface area contributed by atoms with Crippen molar-refractivity contribution >= 4 is 21.6 Å². The molecule has 0 saturated carbocycles. The number of likely N-dealkylation sites (tertiary alicyclic amines) is 1. The second-order valence-electron chi connectivity index (χ2n) is 7.15. The first-order chi connectivity index (χ1) is 14.2. The summed E-state index contributed by atoms with van der Waals surface area (Å²) in [6.07, 6.45) is 2.69. The molecule has 1 aliphatic heterocycles. The van der Waals surface area contributed by atoms with Crippen LogP contribution in [0.25, 0.3) is 0 Å². The van der Waals surface area contributed by atoms with E-state index < -0.39 is 20.6 Å². The third kappa shape index (κ3) is 4.57. The molecule has 1 fully saturated rings. The molecule has 1 aliphatic rings. The highest BCUT2D eigenvalue weighted by molar-refractivity contribution is 7.89. The number of amides is 1. The Kier molecular flexibility index (Phi) is 6.32. The number of hydrogen-bond acceptors (Lipinski definition) is 6. The maximum atomic E-state index is 12.6. The smallest absolute Gasteiger partial charge is 0.289 e. The molecule has 0 atom stereocenters. The summed E-state index contributed by atoms with van der Waals surface area (Å²) >= 11 is 0. The number of carbonyl (C=O) groups excluding carboxylic acids is 1. The third-order valence-electron chi connectivity index (χ3n) is 5.17. The van der Waals surface area contributed by atoms with Crippen LogP contribution < -0.4 is 10.3 Å². The zero-order chi connectivity index (χ0) is 21.9. The number of carbonyl (C=O) groups is 1. The fourth-order valence-corrected chi connectivity index (χ4v) is 4.70. The predicted octanol–water partition coefficient (Wildman–Crippen LogP) is 1.12. The van der Waals surface area contributed by atoms with Gasteiger partial charge >= 0.3 is 0 Å². The van der Waals surface area contributed by atoms with Gasteiger partial charge in [-0.3, -0.25) is 19.7 Å². The van der Waals surface area contributed by atoms with Gasteiger partial charge in [-0.15, -0.1) is 0 Å². The summed E-state index contributed by atoms with van der Waals surface area (Å²) in [5, 5.41) is 11.1. The standard InChI is InChI=1S/C19H22N4O6S/c1-21-10-4-5-15(18(21)24)19(25)22-11-8-14(9-12-22)13-20-30(28,29)17-7-3-2-6-16(17)23(26)27/h2-7,10,14,20H,8-9,11-13H2,1H3. The van der Waals surface area contributed by atoms with Crippen LogP contribution in [-0.2, 0) is 17.1 Å². The van der Waals surface area contributed by atoms with E-state index in [0.717, 1.165) is 6.07 Å². The minimum absolute atomic E-state index is 0.0230. The number of nitrogens with one attached hydrogen (secondary N) is 1. The van der Waals surface area contributed by atoms with E-state index in [9.17, 15) is 28.1 Å². The van der Waals surface area contributed by atoms with E-state index >= 15 is 0 Å². The number of nitrogens with zero attached hydrogens (tertiary/aromatic N) is 3. The summed E-state index contributed by atoms with van der Waals surface area (Å²) in [6.45, 7) is 0.910. The number of hydrogen-bond donors (Lipinski definition) is 1. The molecular weight excluding hydrogens is 412 g/mol. The van der Waals surface area contributed by atoms with E-state index in [2.05, 4.69) is 4.72 Å². The zero-order valence-electron chi connectivity index (χ0n) is 16.4. The second-order valence-corrected chi connectivity index (χ2v) is 8.89. The fraction of sp³-hybridized carbons (Fsp3) is 0.368. The Labute approximate surface area is 173 Å². The maximum absolute atomic E-state index is 12.6. The molecule has 1 saturated heterocycles. The van der Waals surface area contributed by atoms with Crippen molar-refractivity contribution in [1.82, 2.24) is 14.2 Å². The average molecular weight is 434 g/mol. The number of aromatic nitrogens is 1. The number of rotatable bonds is 6. The first-order valence-electron chi connectivity index (χ1n) is 9.38. The lowest BCUT2D eigenvalue weighted by atomic mass is 9.97. The molecule has 2 aromatic rings. The number of sulfonamides is 1. The highest BCUT2D eigenvalue weighted by atomic mass is 32.2. The van der Waals surface area contributed by atoms with Crippen molar-refractivity contribution < 1.29 is 18.1 Å². The summed E-state index contributed by atoms with van der Waals surface area (Å²) in [4.78, 5) is 36.3. The second kappa shape index (κ2) is 8.76. The number of piperidine rings is 1. The molecule has 160 valence electrons. The molecule has 1 aromatic carbocycles. The van der Waals surface area contributed by atoms with Crippen molar-refractivity contribution in [3.8, 4) is 0 Å². The van der Waals surface area contributed by atoms with Gasteiger partial charge in [-0.1, -0.05) is 12.1 Å². The number of nitro benzene ring substituents is 1. The number of para-hydroxylation sites is 1. The van der Waals surface area contributed by atoms with Gasteiger partial charge in [0.25, 0.3) is 17.2 Å². The summed E-state index contributed by atoms with van der Waals surface area (Å²) in [7, 11) is -2.46. The van der Waals surface area contributed by atoms with Gasteiger partial charge in [-0.2, -0.15) is 0 Å². The van der Waals surface area contributed by atoms with Crippen LogP contribution >= 0.6 is 0 Å². The molecule has 0 aliphatic carbocycles. The lowest BCUT2D eigenvalue weighted by Gasteiger charge is -2.32. The number of nitro groups is 1. The average Bonchev–Trinajstić information content (AvgIpc) is 2.74. The van der Waals surface area contributed by atoms with E-state index in [1.54, 1.807) is 24.2 Å². The molecule has 0 radical (unpaired) electrons. The first kappa shape index (κ1) is 21.7. The quantitative estimate of drug-likeness (QED) is 0.535. The van der Waals surface area contributed by atoms with E-state index in [4.69, 9.17) is 0 Å². The van der Waals surface area contributed by atoms with Gasteiger partial charge in [0.05, 0.1) is 4.92 Å². The van der Waals surface area contributed by atoms with E-state index in [1.807, 2.05) is 0 Å². The molecule has 11 heteroatoms. The van der Waals surface area contributed by atoms with Gasteiger partial charge in [0.15, 0.2) is 4.90 Å². The Morgan fingerprint density at radius 3 is 2.53 bits per heavy atom. The lowest BCUT2D eigenvalue weighted by Crippen LogP contribution is -2.43. The lowest BCUT2D eigenvalue weighted by molar-refractivity contribution is -0.387. The summed E-state index contributed by atoms with van der Waals surface area (Å²) in [6, 6.07) is 8.31. The largest absolute Gasteiger partial charge is 0.338 e. The molecule has 3 rings (SSSR count). The molecule has 2 heterocycles. The molecule has 0 unspecified atom stereocenters. The first-order valence-corrected chi connectivity index (χ1v) is 10.9. The Balaban J connectivity index is 1.60. The molecule has 0 spiro atoms. The van der Waals surface area contributed by atoms with Crippen molar-refractivity contribution in [3.63, 3.8) is 0 Å². The number of aryl methyl sites for hydroxylation is 1. The van der Waals surface area contributed by atoms with Crippen molar-refractivity contribution in [2.75, 3.05) is 19.6 Å². The fourth-order valence-electron chi connectivity index (χ4n) is 3.41. The Morgan fingerprint density at radius 2 is 1.87 bits per heavy atom. The van der Waals surface area contributed by atoms with Crippen molar-refractivity contribution in [1.29, 1.82) is 0 Å². The van der Waals surface area contributed by atoms with Crippen LogP contribution in [0.2, 0.25) is 0 Å². The SMILES string of the molecule is Cn1cccc(C(=O)N2CCC(CNS(=O)(=O)c3ccccc3[N+](=O)[O-])CC2)c1=O. The van der Waals surface area contributed by atoms with Crippen molar-refractivity contribution in [2.45, 2.75) is 17.7 Å². The van der Waals surface area contributed by atoms with Crippen LogP contribution in [0.5, 0.6) is 0 Å². The van der Waals surface area contributed by atoms with Gasteiger partial charge in [0, 0.05) is 38.9 Å². The molecule has 10 nitrogen and oxygen atoms in total. The maximum Gasteiger partial charge on any atom is 0.289 e. The third-order valence-corrected chi connectivity index (χ3v) is 6.64. The zero-order valence-corrected chi connectivity index (χ0v) is 17.2. The van der Waals surface area contributed by atoms with Crippen LogP contribution in [-0.4, -0.2) is 48.3 Å². The molecule has 0 bridgehead atoms. The van der Waals surface area contributed by atoms with Crippen LogP contribution in [0.15, 0.2) is 52.3 Å². The topological polar surface area (TPSA) is 132 Å². The van der Waals surface area contributed by atoms with Gasteiger partial charge in [-0.25, -0.2) is 13.1 Å². The molecule has 1 N–H and O–H groups in total. The van der Waals surface area contributed by atoms with Crippen LogP contribution in [0.1, 0.15) is 23.2 Å². The van der Waals surface area contributed by atoms with Gasteiger partial charge < -0.3 is 9.47 Å². The molecule has 1 aromatic heterocycles. The number of benzene rings is 1. The molecule has 30 heavy (non-hydrogen) atoms. The van der Waals surface area contributed by atoms with E-state index in [1.165, 1.54) is 28.8 Å². The molecular formula is C19H22N4O6S. The monoisotopic (exact) mass is 434 g/mol. The Bertz CT molecular complexity index is 1120. The summed E-state index contributed by atoms with van der Waals surface area (Å²) < 4.78 is 28.8. The van der Waals surface area contributed by atoms with E-state index in [0.29, 0.717) is 25.9 Å². The van der Waals surface area contributed by atoms with Crippen molar-refractivity contribution in [2.24, 2.45) is 13.0 Å². The minimum atomic E-state index is -4.03. The predicted molar refractivity (Wildman–Crippen MR) is 109 cm³/mol. The number of pyridine rings is 1. The Hall–Kier alpha value is -3.05. The van der Waals surface area contributed by atoms with Gasteiger partial charge in [-0.05, 0) is 37.0 Å². The summed E-state index contributed by atoms with van der Waals surface area (Å²) in [5.74, 6) is -0.361. The van der Waals surface area contributed by atoms with Crippen LogP contribution in [0.4, 0.5) is 5.69 Å². The van der Waals surface area contributed by atoms with Gasteiger partial charge in [0.2, 0.25) is 10.0 Å². The van der Waals surface area contributed by atoms with Gasteiger partial charge in [0.1, 0.15) is 5.56 Å². The van der Waals surface area contributed by atoms with Crippen LogP contribution in [0, 0.1) is 16.0 Å². The minimum Gasteiger partial charge on any atom is -0.338 e. The molecule has 1 amide bonds. The van der Waals surface area contributed by atoms with Crippen LogP contribution in [0.3, 0.4) is 0 Å².